The Morgan fingerprint density at radius 3 is 0.500 bits per heavy atom. The summed E-state index contributed by atoms with van der Waals surface area (Å²) in [4.78, 5) is 0. The zero-order valence-corrected chi connectivity index (χ0v) is 21.5. The average Bonchev–Trinajstić information content (AvgIpc) is 2.39. The maximum Gasteiger partial charge on any atom is 4.00 e. The van der Waals surface area contributed by atoms with E-state index in [4.69, 9.17) is 0 Å². The van der Waals surface area contributed by atoms with Gasteiger partial charge in [0.1, 0.15) is 0 Å². The molecule has 0 N–H and O–H groups in total. The Balaban J connectivity index is -0.00000001000. The van der Waals surface area contributed by atoms with Gasteiger partial charge in [-0.25, -0.2) is 0 Å². The van der Waals surface area contributed by atoms with Crippen LogP contribution in [0.3, 0.4) is 0 Å². The van der Waals surface area contributed by atoms with Gasteiger partial charge < -0.3 is 27.7 Å². The molecule has 6 heteroatoms. The van der Waals surface area contributed by atoms with Crippen molar-refractivity contribution in [1.82, 2.24) is 0 Å². The monoisotopic (exact) mass is 468 g/mol. The van der Waals surface area contributed by atoms with Gasteiger partial charge in [-0.1, -0.05) is 53.4 Å². The van der Waals surface area contributed by atoms with E-state index in [-0.39, 0.29) is 93.1 Å². The summed E-state index contributed by atoms with van der Waals surface area (Å²) in [6.07, 6.45) is 9.11. The van der Waals surface area contributed by atoms with Gasteiger partial charge in [-0.05, 0) is 0 Å². The molecular formula is C16H40Cl4Ti2. The molecule has 140 valence electrons. The van der Waals surface area contributed by atoms with E-state index in [1.807, 2.05) is 0 Å². The van der Waals surface area contributed by atoms with Crippen molar-refractivity contribution in [2.45, 2.75) is 79.1 Å². The molecule has 0 spiro atoms. The smallest absolute Gasteiger partial charge is 0.343 e. The number of hydrogen-bond acceptors (Lipinski definition) is 0. The van der Waals surface area contributed by atoms with Crippen LogP contribution in [0.5, 0.6) is 0 Å². The van der Waals surface area contributed by atoms with Crippen molar-refractivity contribution in [3.05, 3.63) is 27.7 Å². The van der Waals surface area contributed by atoms with E-state index in [0.29, 0.717) is 0 Å². The second kappa shape index (κ2) is 107. The van der Waals surface area contributed by atoms with E-state index in [1.165, 1.54) is 25.7 Å². The van der Waals surface area contributed by atoms with E-state index in [9.17, 15) is 0 Å². The second-order valence-corrected chi connectivity index (χ2v) is 3.41. The van der Waals surface area contributed by atoms with E-state index >= 15 is 0 Å². The zero-order valence-electron chi connectivity index (χ0n) is 15.1. The predicted octanol–water partition coefficient (Wildman–Crippen LogP) is 8.16. The minimum absolute atomic E-state index is 0. The van der Waals surface area contributed by atoms with E-state index in [0.717, 1.165) is 25.7 Å². The fourth-order valence-electron chi connectivity index (χ4n) is 0. The third-order valence-corrected chi connectivity index (χ3v) is 1.41. The Kier molecular flexibility index (Phi) is 314. The fourth-order valence-corrected chi connectivity index (χ4v) is 0. The van der Waals surface area contributed by atoms with Crippen molar-refractivity contribution in [3.8, 4) is 0 Å². The molecule has 0 amide bonds. The van der Waals surface area contributed by atoms with Crippen LogP contribution in [-0.2, 0) is 43.4 Å². The molecule has 22 heavy (non-hydrogen) atoms. The molecule has 0 atom stereocenters. The molecular weight excluding hydrogens is 430 g/mol. The first-order valence-corrected chi connectivity index (χ1v) is 6.83. The van der Waals surface area contributed by atoms with Crippen molar-refractivity contribution in [2.75, 3.05) is 0 Å². The quantitative estimate of drug-likeness (QED) is 0.287. The van der Waals surface area contributed by atoms with Crippen LogP contribution in [0, 0.1) is 27.7 Å². The van der Waals surface area contributed by atoms with Crippen molar-refractivity contribution >= 4 is 49.6 Å². The number of rotatable bonds is 4. The Labute approximate surface area is 198 Å². The first-order valence-electron chi connectivity index (χ1n) is 6.83. The molecule has 0 nitrogen and oxygen atoms in total. The van der Waals surface area contributed by atoms with Crippen molar-refractivity contribution in [3.63, 3.8) is 0 Å². The molecule has 0 aromatic rings. The Hall–Kier alpha value is 2.59. The van der Waals surface area contributed by atoms with Crippen molar-refractivity contribution in [2.24, 2.45) is 0 Å². The van der Waals surface area contributed by atoms with Crippen molar-refractivity contribution in [1.29, 1.82) is 0 Å². The van der Waals surface area contributed by atoms with Gasteiger partial charge in [0, 0.05) is 21.7 Å². The molecule has 0 radical (unpaired) electrons. The molecule has 0 aromatic carbocycles. The van der Waals surface area contributed by atoms with Crippen LogP contribution in [0.15, 0.2) is 0 Å². The number of unbranched alkanes of at least 4 members (excludes halogenated alkanes) is 4. The molecule has 0 saturated heterocycles. The molecule has 0 heterocycles. The molecule has 0 saturated carbocycles. The molecule has 0 aliphatic carbocycles. The molecule has 0 aliphatic heterocycles. The van der Waals surface area contributed by atoms with Crippen LogP contribution in [-0.4, -0.2) is 0 Å². The van der Waals surface area contributed by atoms with Crippen LogP contribution >= 0.6 is 49.6 Å². The first kappa shape index (κ1) is 64.3. The molecule has 0 bridgehead atoms. The van der Waals surface area contributed by atoms with Crippen molar-refractivity contribution < 1.29 is 43.4 Å². The molecule has 0 unspecified atom stereocenters. The maximum atomic E-state index is 3.60. The SMILES string of the molecule is Cl.Cl.Cl.Cl.[CH2-]CCC.[CH2-]CCC.[CH2-]CCC.[CH2-]CCC.[Ti+4].[Ti]. The Morgan fingerprint density at radius 1 is 0.455 bits per heavy atom. The minimum atomic E-state index is 0. The minimum Gasteiger partial charge on any atom is -0.343 e. The van der Waals surface area contributed by atoms with Crippen LogP contribution < -0.4 is 0 Å². The molecule has 0 aliphatic rings. The van der Waals surface area contributed by atoms with E-state index in [2.05, 4.69) is 55.4 Å². The van der Waals surface area contributed by atoms with Crippen LogP contribution in [0.2, 0.25) is 0 Å². The van der Waals surface area contributed by atoms with Crippen LogP contribution in [0.1, 0.15) is 79.1 Å². The predicted molar refractivity (Wildman–Crippen MR) is 110 cm³/mol. The largest absolute Gasteiger partial charge is 4.00 e. The van der Waals surface area contributed by atoms with Gasteiger partial charge in [-0.3, -0.25) is 0 Å². The third-order valence-electron chi connectivity index (χ3n) is 1.41. The molecule has 0 rings (SSSR count). The van der Waals surface area contributed by atoms with Gasteiger partial charge >= 0.3 is 21.7 Å². The summed E-state index contributed by atoms with van der Waals surface area (Å²) in [6.45, 7) is 22.9. The topological polar surface area (TPSA) is 0 Å². The van der Waals surface area contributed by atoms with Gasteiger partial charge in [0.05, 0.1) is 0 Å². The summed E-state index contributed by atoms with van der Waals surface area (Å²) in [5.41, 5.74) is 0. The molecule has 0 fully saturated rings. The maximum absolute atomic E-state index is 3.60. The van der Waals surface area contributed by atoms with Gasteiger partial charge in [0.2, 0.25) is 0 Å². The van der Waals surface area contributed by atoms with E-state index < -0.39 is 0 Å². The zero-order chi connectivity index (χ0) is 13.7. The summed E-state index contributed by atoms with van der Waals surface area (Å²) in [6, 6.07) is 0. The van der Waals surface area contributed by atoms with Crippen LogP contribution in [0.4, 0.5) is 0 Å². The normalized spacial score (nSPS) is 5.45. The summed E-state index contributed by atoms with van der Waals surface area (Å²) < 4.78 is 0. The number of halogens is 4. The number of hydrogen-bond donors (Lipinski definition) is 0. The van der Waals surface area contributed by atoms with Gasteiger partial charge in [-0.15, -0.1) is 49.6 Å². The average molecular weight is 470 g/mol. The summed E-state index contributed by atoms with van der Waals surface area (Å²) in [7, 11) is 0. The third kappa shape index (κ3) is 243. The van der Waals surface area contributed by atoms with Gasteiger partial charge in [0.15, 0.2) is 0 Å². The van der Waals surface area contributed by atoms with Gasteiger partial charge in [0.25, 0.3) is 0 Å². The van der Waals surface area contributed by atoms with Crippen LogP contribution in [0.25, 0.3) is 0 Å². The summed E-state index contributed by atoms with van der Waals surface area (Å²) in [5.74, 6) is 0. The van der Waals surface area contributed by atoms with Gasteiger partial charge in [-0.2, -0.15) is 25.7 Å². The van der Waals surface area contributed by atoms with E-state index in [1.54, 1.807) is 0 Å². The summed E-state index contributed by atoms with van der Waals surface area (Å²) in [5, 5.41) is 0. The summed E-state index contributed by atoms with van der Waals surface area (Å²) >= 11 is 0. The standard InChI is InChI=1S/4C4H9.4ClH.2Ti/c4*1-3-4-2;;;;;;/h4*1,3-4H2,2H3;4*1H;;/q4*-1;;;;;;+4. The first-order chi connectivity index (χ1) is 7.66. The second-order valence-electron chi connectivity index (χ2n) is 3.41. The fraction of sp³-hybridized carbons (Fsp3) is 0.750. The Morgan fingerprint density at radius 2 is 0.500 bits per heavy atom. The molecule has 0 aromatic heterocycles. The Bertz CT molecular complexity index is 48.1.